The molecule has 4 N–H and O–H groups in total. The molecule has 7 rings (SSSR count). The number of benzene rings is 1. The summed E-state index contributed by atoms with van der Waals surface area (Å²) in [6.45, 7) is 5.46. The quantitative estimate of drug-likeness (QED) is 0.263. The minimum absolute atomic E-state index is 0.000382. The maximum atomic E-state index is 16.9. The number of aromatic nitrogens is 5. The number of morpholine rings is 1. The Morgan fingerprint density at radius 2 is 1.96 bits per heavy atom. The molecule has 17 heteroatoms. The molecule has 12 nitrogen and oxygen atoms in total. The molecular formula is C31H32ClF4N9O3. The first-order chi connectivity index (χ1) is 22.9. The van der Waals surface area contributed by atoms with E-state index in [9.17, 15) is 13.2 Å². The Hall–Kier alpha value is -4.28. The lowest BCUT2D eigenvalue weighted by molar-refractivity contribution is -0.137. The van der Waals surface area contributed by atoms with Crippen LogP contribution >= 0.6 is 11.6 Å². The zero-order valence-electron chi connectivity index (χ0n) is 26.0. The normalized spacial score (nSPS) is 20.4. The van der Waals surface area contributed by atoms with Crippen molar-refractivity contribution < 1.29 is 31.8 Å². The molecule has 2 fully saturated rings. The summed E-state index contributed by atoms with van der Waals surface area (Å²) < 4.78 is 78.1. The molecule has 1 aromatic carbocycles. The Morgan fingerprint density at radius 3 is 2.73 bits per heavy atom. The van der Waals surface area contributed by atoms with E-state index in [0.29, 0.717) is 18.8 Å². The van der Waals surface area contributed by atoms with Gasteiger partial charge in [-0.1, -0.05) is 11.6 Å². The van der Waals surface area contributed by atoms with Crippen molar-refractivity contribution in [3.63, 3.8) is 0 Å². The molecule has 48 heavy (non-hydrogen) atoms. The third-order valence-corrected chi connectivity index (χ3v) is 9.58. The van der Waals surface area contributed by atoms with Crippen LogP contribution in [0.2, 0.25) is 5.02 Å². The van der Waals surface area contributed by atoms with Crippen molar-refractivity contribution in [1.29, 1.82) is 0 Å². The smallest absolute Gasteiger partial charge is 0.418 e. The summed E-state index contributed by atoms with van der Waals surface area (Å²) in [6.07, 6.45) is -0.223. The van der Waals surface area contributed by atoms with Crippen LogP contribution in [-0.4, -0.2) is 81.4 Å². The van der Waals surface area contributed by atoms with E-state index in [4.69, 9.17) is 42.3 Å². The number of pyridine rings is 1. The third kappa shape index (κ3) is 5.54. The molecule has 3 aliphatic rings. The van der Waals surface area contributed by atoms with E-state index in [1.807, 2.05) is 6.92 Å². The first-order valence-electron chi connectivity index (χ1n) is 15.4. The number of nitrogens with zero attached hydrogens (tertiary/aromatic N) is 7. The number of ether oxygens (including phenoxy) is 3. The van der Waals surface area contributed by atoms with E-state index >= 15 is 4.39 Å². The highest BCUT2D eigenvalue weighted by Gasteiger charge is 2.41. The van der Waals surface area contributed by atoms with Gasteiger partial charge in [-0.3, -0.25) is 4.90 Å². The van der Waals surface area contributed by atoms with Crippen molar-refractivity contribution in [3.8, 4) is 23.0 Å². The van der Waals surface area contributed by atoms with Crippen molar-refractivity contribution >= 4 is 40.0 Å². The van der Waals surface area contributed by atoms with Gasteiger partial charge >= 0.3 is 12.2 Å². The van der Waals surface area contributed by atoms with Crippen LogP contribution in [0.1, 0.15) is 42.5 Å². The van der Waals surface area contributed by atoms with Crippen molar-refractivity contribution in [2.24, 2.45) is 0 Å². The van der Waals surface area contributed by atoms with Crippen LogP contribution in [0.15, 0.2) is 18.6 Å². The van der Waals surface area contributed by atoms with Crippen molar-refractivity contribution in [2.75, 3.05) is 55.9 Å². The molecule has 0 bridgehead atoms. The van der Waals surface area contributed by atoms with E-state index in [1.165, 1.54) is 13.3 Å². The van der Waals surface area contributed by atoms with Gasteiger partial charge in [0.1, 0.15) is 42.5 Å². The Bertz CT molecular complexity index is 1900. The standard InChI is InChI=1S/C31H32ClF4N9O3/c1-14-9-19(37)41-25(22(14)31(34,35)36)20-23(32)27-21-26(24(20)33)42-30(48-12-17-4-3-16-11-46-7-5-45(16)17)43-29(21)44(6-8-47-27)15(2)18-10-39-13-40-28(18)38/h9-10,13,15-17H,3-8,11-12H2,1-2H3,(H2,37,41)(H2,38,39,40)/t15-,16+,17+/m1/s1. The van der Waals surface area contributed by atoms with Gasteiger partial charge < -0.3 is 30.6 Å². The summed E-state index contributed by atoms with van der Waals surface area (Å²) in [5.74, 6) is -1.09. The van der Waals surface area contributed by atoms with E-state index in [-0.39, 0.29) is 77.5 Å². The highest BCUT2D eigenvalue weighted by atomic mass is 35.5. The third-order valence-electron chi connectivity index (χ3n) is 9.22. The monoisotopic (exact) mass is 689 g/mol. The van der Waals surface area contributed by atoms with Crippen molar-refractivity contribution in [1.82, 2.24) is 29.8 Å². The lowest BCUT2D eigenvalue weighted by Gasteiger charge is -2.33. The molecule has 254 valence electrons. The van der Waals surface area contributed by atoms with Crippen LogP contribution in [0.25, 0.3) is 22.2 Å². The number of anilines is 3. The van der Waals surface area contributed by atoms with E-state index in [1.54, 1.807) is 11.1 Å². The van der Waals surface area contributed by atoms with Gasteiger partial charge in [-0.2, -0.15) is 23.1 Å². The van der Waals surface area contributed by atoms with Gasteiger partial charge in [-0.25, -0.2) is 19.3 Å². The molecule has 0 spiro atoms. The number of hydrogen-bond acceptors (Lipinski definition) is 12. The number of nitrogen functional groups attached to an aromatic ring is 2. The Morgan fingerprint density at radius 1 is 1.15 bits per heavy atom. The topological polar surface area (TPSA) is 151 Å². The maximum absolute atomic E-state index is 16.9. The maximum Gasteiger partial charge on any atom is 0.418 e. The summed E-state index contributed by atoms with van der Waals surface area (Å²) in [7, 11) is 0. The molecule has 6 heterocycles. The second-order valence-corrected chi connectivity index (χ2v) is 12.4. The summed E-state index contributed by atoms with van der Waals surface area (Å²) in [5.41, 5.74) is 9.43. The zero-order chi connectivity index (χ0) is 33.9. The van der Waals surface area contributed by atoms with Gasteiger partial charge in [0.25, 0.3) is 0 Å². The SMILES string of the molecule is Cc1cc(N)nc(-c2c(Cl)c3c4c(nc(OC[C@@H]5CC[C@H]6COCCN65)nc4c2F)N([C@H](C)c2cncnc2N)CCO3)c1C(F)(F)F. The number of aryl methyl sites for hydroxylation is 1. The largest absolute Gasteiger partial charge is 0.489 e. The fourth-order valence-electron chi connectivity index (χ4n) is 6.95. The molecule has 0 radical (unpaired) electrons. The van der Waals surface area contributed by atoms with Gasteiger partial charge in [0.05, 0.1) is 53.0 Å². The van der Waals surface area contributed by atoms with Crippen LogP contribution in [-0.2, 0) is 10.9 Å². The van der Waals surface area contributed by atoms with E-state index < -0.39 is 39.9 Å². The summed E-state index contributed by atoms with van der Waals surface area (Å²) in [4.78, 5) is 25.4. The molecule has 2 saturated heterocycles. The van der Waals surface area contributed by atoms with Gasteiger partial charge in [0, 0.05) is 30.4 Å². The van der Waals surface area contributed by atoms with Gasteiger partial charge in [0.15, 0.2) is 11.6 Å². The number of rotatable bonds is 6. The van der Waals surface area contributed by atoms with Crippen LogP contribution < -0.4 is 25.8 Å². The number of alkyl halides is 3. The van der Waals surface area contributed by atoms with Crippen molar-refractivity contribution in [3.05, 3.63) is 46.1 Å². The van der Waals surface area contributed by atoms with Gasteiger partial charge in [-0.05, 0) is 38.3 Å². The Balaban J connectivity index is 1.42. The second kappa shape index (κ2) is 12.3. The summed E-state index contributed by atoms with van der Waals surface area (Å²) >= 11 is 6.78. The van der Waals surface area contributed by atoms with E-state index in [0.717, 1.165) is 25.5 Å². The van der Waals surface area contributed by atoms with Crippen LogP contribution in [0, 0.1) is 12.7 Å². The molecule has 3 aromatic heterocycles. The average molecular weight is 690 g/mol. The zero-order valence-corrected chi connectivity index (χ0v) is 26.8. The van der Waals surface area contributed by atoms with Crippen LogP contribution in [0.3, 0.4) is 0 Å². The Labute approximate surface area is 277 Å². The average Bonchev–Trinajstić information content (AvgIpc) is 3.35. The second-order valence-electron chi connectivity index (χ2n) is 12.1. The minimum Gasteiger partial charge on any atom is -0.489 e. The molecule has 0 saturated carbocycles. The molecular weight excluding hydrogens is 658 g/mol. The minimum atomic E-state index is -4.91. The lowest BCUT2D eigenvalue weighted by Crippen LogP contribution is -2.46. The molecule has 0 unspecified atom stereocenters. The van der Waals surface area contributed by atoms with Gasteiger partial charge in [0.2, 0.25) is 0 Å². The van der Waals surface area contributed by atoms with Crippen molar-refractivity contribution in [2.45, 2.75) is 51.0 Å². The molecule has 3 atom stereocenters. The Kier molecular flexibility index (Phi) is 8.28. The summed E-state index contributed by atoms with van der Waals surface area (Å²) in [6, 6.07) is 0.719. The molecule has 0 aliphatic carbocycles. The lowest BCUT2D eigenvalue weighted by atomic mass is 9.98. The first kappa shape index (κ1) is 32.3. The van der Waals surface area contributed by atoms with Crippen LogP contribution in [0.5, 0.6) is 11.8 Å². The van der Waals surface area contributed by atoms with Gasteiger partial charge in [-0.15, -0.1) is 0 Å². The first-order valence-corrected chi connectivity index (χ1v) is 15.8. The number of fused-ring (bicyclic) bond motifs is 1. The number of hydrogen-bond donors (Lipinski definition) is 2. The number of halogens is 5. The van der Waals surface area contributed by atoms with E-state index in [2.05, 4.69) is 24.8 Å². The fourth-order valence-corrected chi connectivity index (χ4v) is 7.28. The predicted molar refractivity (Wildman–Crippen MR) is 169 cm³/mol. The summed E-state index contributed by atoms with van der Waals surface area (Å²) in [5, 5.41) is -0.375. The molecule has 4 aromatic rings. The highest BCUT2D eigenvalue weighted by molar-refractivity contribution is 6.36. The predicted octanol–water partition coefficient (Wildman–Crippen LogP) is 4.97. The van der Waals surface area contributed by atoms with Crippen LogP contribution in [0.4, 0.5) is 35.0 Å². The molecule has 0 amide bonds. The molecule has 3 aliphatic heterocycles. The highest BCUT2D eigenvalue weighted by Crippen LogP contribution is 2.51. The number of nitrogens with two attached hydrogens (primary N) is 2. The fraction of sp³-hybridized carbons (Fsp3) is 0.452.